The third-order valence-electron chi connectivity index (χ3n) is 4.68. The summed E-state index contributed by atoms with van der Waals surface area (Å²) < 4.78 is 0. The van der Waals surface area contributed by atoms with Crippen LogP contribution in [0, 0.1) is 11.8 Å². The van der Waals surface area contributed by atoms with Crippen LogP contribution in [0.4, 0.5) is 0 Å². The number of aliphatic hydroxyl groups is 1. The van der Waals surface area contributed by atoms with Gasteiger partial charge in [0.05, 0.1) is 6.10 Å². The van der Waals surface area contributed by atoms with Crippen LogP contribution in [0.5, 0.6) is 0 Å². The van der Waals surface area contributed by atoms with Gasteiger partial charge in [-0.1, -0.05) is 26.7 Å². The van der Waals surface area contributed by atoms with Crippen molar-refractivity contribution in [2.45, 2.75) is 70.9 Å². The van der Waals surface area contributed by atoms with E-state index in [0.717, 1.165) is 12.3 Å². The second-order valence-corrected chi connectivity index (χ2v) is 6.44. The molecule has 17 heavy (non-hydrogen) atoms. The van der Waals surface area contributed by atoms with Crippen molar-refractivity contribution in [3.05, 3.63) is 0 Å². The molecule has 1 aliphatic heterocycles. The van der Waals surface area contributed by atoms with Crippen LogP contribution in [0.2, 0.25) is 0 Å². The van der Waals surface area contributed by atoms with Crippen LogP contribution in [-0.2, 0) is 0 Å². The van der Waals surface area contributed by atoms with Gasteiger partial charge in [-0.05, 0) is 51.1 Å². The Balaban J connectivity index is 1.91. The van der Waals surface area contributed by atoms with Crippen LogP contribution in [0.1, 0.15) is 58.8 Å². The highest BCUT2D eigenvalue weighted by Crippen LogP contribution is 2.35. The molecule has 1 N–H and O–H groups in total. The molecule has 0 bridgehead atoms. The summed E-state index contributed by atoms with van der Waals surface area (Å²) in [6, 6.07) is 0.681. The third kappa shape index (κ3) is 3.45. The number of piperidine rings is 1. The average molecular weight is 239 g/mol. The number of nitrogens with zero attached hydrogens (tertiary/aromatic N) is 1. The van der Waals surface area contributed by atoms with Gasteiger partial charge in [0.2, 0.25) is 0 Å². The van der Waals surface area contributed by atoms with Crippen molar-refractivity contribution >= 4 is 0 Å². The first kappa shape index (κ1) is 13.4. The summed E-state index contributed by atoms with van der Waals surface area (Å²) in [5.41, 5.74) is 0. The Bertz CT molecular complexity index is 229. The van der Waals surface area contributed by atoms with Gasteiger partial charge in [-0.3, -0.25) is 0 Å². The number of hydrogen-bond donors (Lipinski definition) is 1. The van der Waals surface area contributed by atoms with Crippen molar-refractivity contribution in [2.24, 2.45) is 11.8 Å². The first-order chi connectivity index (χ1) is 8.18. The normalized spacial score (nSPS) is 35.6. The fourth-order valence-corrected chi connectivity index (χ4v) is 3.62. The zero-order chi connectivity index (χ0) is 12.3. The standard InChI is InChI=1S/C15H29NO/c1-12(2)9-11-16-10-4-3-7-14(16)13-6-5-8-15(13)17/h12-15,17H,3-11H2,1-2H3. The van der Waals surface area contributed by atoms with Crippen molar-refractivity contribution < 1.29 is 5.11 Å². The van der Waals surface area contributed by atoms with Gasteiger partial charge in [0, 0.05) is 12.0 Å². The van der Waals surface area contributed by atoms with E-state index in [1.807, 2.05) is 0 Å². The van der Waals surface area contributed by atoms with Crippen molar-refractivity contribution in [2.75, 3.05) is 13.1 Å². The molecule has 2 fully saturated rings. The van der Waals surface area contributed by atoms with Crippen molar-refractivity contribution in [3.8, 4) is 0 Å². The molecule has 0 aromatic rings. The van der Waals surface area contributed by atoms with E-state index in [4.69, 9.17) is 0 Å². The minimum atomic E-state index is -0.0142. The topological polar surface area (TPSA) is 23.5 Å². The number of rotatable bonds is 4. The average Bonchev–Trinajstić information content (AvgIpc) is 2.73. The molecule has 3 unspecified atom stereocenters. The Morgan fingerprint density at radius 2 is 1.94 bits per heavy atom. The van der Waals surface area contributed by atoms with Gasteiger partial charge < -0.3 is 10.0 Å². The van der Waals surface area contributed by atoms with Crippen LogP contribution < -0.4 is 0 Å². The Morgan fingerprint density at radius 1 is 1.12 bits per heavy atom. The summed E-state index contributed by atoms with van der Waals surface area (Å²) in [7, 11) is 0. The maximum Gasteiger partial charge on any atom is 0.0583 e. The predicted molar refractivity (Wildman–Crippen MR) is 72.0 cm³/mol. The predicted octanol–water partition coefficient (Wildman–Crippen LogP) is 3.05. The van der Waals surface area contributed by atoms with E-state index in [1.54, 1.807) is 0 Å². The monoisotopic (exact) mass is 239 g/mol. The highest BCUT2D eigenvalue weighted by molar-refractivity contribution is 4.90. The fraction of sp³-hybridized carbons (Fsp3) is 1.00. The minimum absolute atomic E-state index is 0.0142. The second kappa shape index (κ2) is 6.19. The lowest BCUT2D eigenvalue weighted by Crippen LogP contribution is -2.46. The SMILES string of the molecule is CC(C)CCN1CCCCC1C1CCCC1O. The van der Waals surface area contributed by atoms with Gasteiger partial charge in [0.15, 0.2) is 0 Å². The summed E-state index contributed by atoms with van der Waals surface area (Å²) in [4.78, 5) is 2.68. The highest BCUT2D eigenvalue weighted by Gasteiger charge is 2.36. The second-order valence-electron chi connectivity index (χ2n) is 6.44. The lowest BCUT2D eigenvalue weighted by Gasteiger charge is -2.40. The molecule has 100 valence electrons. The van der Waals surface area contributed by atoms with Crippen molar-refractivity contribution in [1.82, 2.24) is 4.90 Å². The summed E-state index contributed by atoms with van der Waals surface area (Å²) in [6.45, 7) is 7.12. The summed E-state index contributed by atoms with van der Waals surface area (Å²) >= 11 is 0. The van der Waals surface area contributed by atoms with E-state index in [2.05, 4.69) is 18.7 Å². The molecule has 1 saturated heterocycles. The van der Waals surface area contributed by atoms with Crippen molar-refractivity contribution in [3.63, 3.8) is 0 Å². The highest BCUT2D eigenvalue weighted by atomic mass is 16.3. The molecule has 2 rings (SSSR count). The summed E-state index contributed by atoms with van der Waals surface area (Å²) in [5.74, 6) is 1.37. The lowest BCUT2D eigenvalue weighted by molar-refractivity contribution is 0.0334. The molecule has 0 spiro atoms. The first-order valence-corrected chi connectivity index (χ1v) is 7.60. The molecule has 2 heteroatoms. The molecule has 0 aromatic heterocycles. The van der Waals surface area contributed by atoms with Crippen molar-refractivity contribution in [1.29, 1.82) is 0 Å². The number of hydrogen-bond acceptors (Lipinski definition) is 2. The van der Waals surface area contributed by atoms with Gasteiger partial charge in [0.1, 0.15) is 0 Å². The Kier molecular flexibility index (Phi) is 4.87. The number of likely N-dealkylation sites (tertiary alicyclic amines) is 1. The van der Waals surface area contributed by atoms with Gasteiger partial charge in [-0.25, -0.2) is 0 Å². The molecular weight excluding hydrogens is 210 g/mol. The zero-order valence-electron chi connectivity index (χ0n) is 11.6. The van der Waals surface area contributed by atoms with E-state index in [0.29, 0.717) is 12.0 Å². The molecule has 3 atom stereocenters. The Labute approximate surface area is 106 Å². The smallest absolute Gasteiger partial charge is 0.0583 e. The van der Waals surface area contributed by atoms with Crippen LogP contribution >= 0.6 is 0 Å². The molecule has 2 nitrogen and oxygen atoms in total. The van der Waals surface area contributed by atoms with Crippen LogP contribution in [0.25, 0.3) is 0 Å². The Hall–Kier alpha value is -0.0800. The van der Waals surface area contributed by atoms with E-state index in [-0.39, 0.29) is 6.10 Å². The first-order valence-electron chi connectivity index (χ1n) is 7.60. The largest absolute Gasteiger partial charge is 0.393 e. The molecule has 0 aromatic carbocycles. The van der Waals surface area contributed by atoms with E-state index < -0.39 is 0 Å². The fourth-order valence-electron chi connectivity index (χ4n) is 3.62. The molecular formula is C15H29NO. The van der Waals surface area contributed by atoms with Gasteiger partial charge in [-0.15, -0.1) is 0 Å². The Morgan fingerprint density at radius 3 is 2.59 bits per heavy atom. The summed E-state index contributed by atoms with van der Waals surface area (Å²) in [6.07, 6.45) is 8.87. The number of aliphatic hydroxyl groups excluding tert-OH is 1. The van der Waals surface area contributed by atoms with Gasteiger partial charge in [0.25, 0.3) is 0 Å². The molecule has 1 heterocycles. The van der Waals surface area contributed by atoms with E-state index in [1.165, 1.54) is 51.6 Å². The van der Waals surface area contributed by atoms with E-state index >= 15 is 0 Å². The zero-order valence-corrected chi connectivity index (χ0v) is 11.6. The lowest BCUT2D eigenvalue weighted by atomic mass is 9.87. The van der Waals surface area contributed by atoms with E-state index in [9.17, 15) is 5.11 Å². The molecule has 0 radical (unpaired) electrons. The molecule has 0 amide bonds. The quantitative estimate of drug-likeness (QED) is 0.815. The molecule has 1 aliphatic carbocycles. The van der Waals surface area contributed by atoms with Crippen LogP contribution in [0.15, 0.2) is 0 Å². The minimum Gasteiger partial charge on any atom is -0.393 e. The molecule has 1 saturated carbocycles. The molecule has 2 aliphatic rings. The maximum atomic E-state index is 10.1. The van der Waals surface area contributed by atoms with Crippen LogP contribution in [0.3, 0.4) is 0 Å². The third-order valence-corrected chi connectivity index (χ3v) is 4.68. The van der Waals surface area contributed by atoms with Gasteiger partial charge >= 0.3 is 0 Å². The van der Waals surface area contributed by atoms with Gasteiger partial charge in [-0.2, -0.15) is 0 Å². The van der Waals surface area contributed by atoms with Crippen LogP contribution in [-0.4, -0.2) is 35.2 Å². The maximum absolute atomic E-state index is 10.1. The summed E-state index contributed by atoms with van der Waals surface area (Å²) in [5, 5.41) is 10.1.